The molecule has 0 bridgehead atoms. The third-order valence-corrected chi connectivity index (χ3v) is 4.83. The lowest BCUT2D eigenvalue weighted by Gasteiger charge is -1.96. The molecular weight excluding hydrogens is 394 g/mol. The van der Waals surface area contributed by atoms with Crippen LogP contribution in [0.1, 0.15) is 15.2 Å². The molecule has 120 valence electrons. The van der Waals surface area contributed by atoms with Crippen LogP contribution in [0, 0.1) is 10.1 Å². The van der Waals surface area contributed by atoms with Crippen LogP contribution in [0.3, 0.4) is 0 Å². The van der Waals surface area contributed by atoms with E-state index in [1.807, 2.05) is 24.3 Å². The van der Waals surface area contributed by atoms with Gasteiger partial charge >= 0.3 is 0 Å². The Balaban J connectivity index is 1.73. The molecule has 3 rings (SSSR count). The number of hydrazone groups is 1. The molecule has 0 saturated carbocycles. The summed E-state index contributed by atoms with van der Waals surface area (Å²) in [5, 5.41) is 15.4. The maximum Gasteiger partial charge on any atom is 0.281 e. The molecule has 1 N–H and O–H groups in total. The largest absolute Gasteiger partial charge is 0.281 e. The molecule has 0 unspecified atom stereocenters. The molecule has 0 spiro atoms. The van der Waals surface area contributed by atoms with Gasteiger partial charge in [-0.05, 0) is 29.8 Å². The van der Waals surface area contributed by atoms with Crippen LogP contribution in [0.25, 0.3) is 10.1 Å². The number of fused-ring (bicyclic) bond motifs is 1. The van der Waals surface area contributed by atoms with Gasteiger partial charge in [-0.2, -0.15) is 5.10 Å². The quantitative estimate of drug-likeness (QED) is 0.399. The van der Waals surface area contributed by atoms with Gasteiger partial charge in [-0.1, -0.05) is 28.1 Å². The number of carbonyl (C=O) groups excluding carboxylic acids is 1. The van der Waals surface area contributed by atoms with Crippen molar-refractivity contribution in [3.05, 3.63) is 73.6 Å². The van der Waals surface area contributed by atoms with E-state index in [0.29, 0.717) is 10.3 Å². The highest BCUT2D eigenvalue weighted by Crippen LogP contribution is 2.28. The molecule has 0 aliphatic carbocycles. The third-order valence-electron chi connectivity index (χ3n) is 3.18. The van der Waals surface area contributed by atoms with Gasteiger partial charge in [0.15, 0.2) is 0 Å². The number of hydrogen-bond acceptors (Lipinski definition) is 5. The summed E-state index contributed by atoms with van der Waals surface area (Å²) in [5.74, 6) is -0.354. The van der Waals surface area contributed by atoms with E-state index in [0.717, 1.165) is 14.7 Å². The van der Waals surface area contributed by atoms with Crippen molar-refractivity contribution in [3.8, 4) is 0 Å². The molecule has 1 heterocycles. The molecule has 0 radical (unpaired) electrons. The molecule has 0 aliphatic rings. The minimum absolute atomic E-state index is 0.000479. The Morgan fingerprint density at radius 2 is 1.96 bits per heavy atom. The van der Waals surface area contributed by atoms with Gasteiger partial charge in [0.1, 0.15) is 0 Å². The number of amides is 1. The number of nitro benzene ring substituents is 1. The van der Waals surface area contributed by atoms with Crippen molar-refractivity contribution in [2.45, 2.75) is 0 Å². The van der Waals surface area contributed by atoms with E-state index >= 15 is 0 Å². The SMILES string of the molecule is O=C(NN=Cc1ccc(Br)cc1)c1cc2cc([N+](=O)[O-])ccc2s1. The standard InChI is InChI=1S/C16H10BrN3O3S/c17-12-3-1-10(2-4-12)9-18-19-16(21)15-8-11-7-13(20(22)23)5-6-14(11)24-15/h1-9H,(H,19,21). The molecule has 2 aromatic carbocycles. The normalized spacial score (nSPS) is 11.0. The summed E-state index contributed by atoms with van der Waals surface area (Å²) < 4.78 is 1.77. The van der Waals surface area contributed by atoms with Crippen LogP contribution in [0.4, 0.5) is 5.69 Å². The fourth-order valence-corrected chi connectivity index (χ4v) is 3.22. The number of carbonyl (C=O) groups is 1. The molecule has 3 aromatic rings. The molecule has 0 aliphatic heterocycles. The number of nitro groups is 1. The Kier molecular flexibility index (Phi) is 4.68. The van der Waals surface area contributed by atoms with Gasteiger partial charge in [-0.15, -0.1) is 11.3 Å². The second-order valence-electron chi connectivity index (χ2n) is 4.84. The van der Waals surface area contributed by atoms with Crippen molar-refractivity contribution in [2.24, 2.45) is 5.10 Å². The van der Waals surface area contributed by atoms with Crippen LogP contribution in [0.15, 0.2) is 58.1 Å². The fraction of sp³-hybridized carbons (Fsp3) is 0. The van der Waals surface area contributed by atoms with Crippen molar-refractivity contribution < 1.29 is 9.72 Å². The molecule has 0 atom stereocenters. The third kappa shape index (κ3) is 3.66. The highest BCUT2D eigenvalue weighted by Gasteiger charge is 2.12. The number of thiophene rings is 1. The number of rotatable bonds is 4. The summed E-state index contributed by atoms with van der Waals surface area (Å²) >= 11 is 4.60. The van der Waals surface area contributed by atoms with Gasteiger partial charge in [0, 0.05) is 26.7 Å². The lowest BCUT2D eigenvalue weighted by Crippen LogP contribution is -2.16. The van der Waals surface area contributed by atoms with Crippen LogP contribution < -0.4 is 5.43 Å². The molecule has 24 heavy (non-hydrogen) atoms. The first-order valence-electron chi connectivity index (χ1n) is 6.80. The van der Waals surface area contributed by atoms with Crippen molar-refractivity contribution in [1.82, 2.24) is 5.43 Å². The van der Waals surface area contributed by atoms with Crippen molar-refractivity contribution in [1.29, 1.82) is 0 Å². The number of nitrogens with one attached hydrogen (secondary N) is 1. The molecule has 0 saturated heterocycles. The van der Waals surface area contributed by atoms with Crippen LogP contribution in [0.2, 0.25) is 0 Å². The summed E-state index contributed by atoms with van der Waals surface area (Å²) in [6, 6.07) is 13.6. The van der Waals surface area contributed by atoms with Gasteiger partial charge in [0.25, 0.3) is 11.6 Å². The van der Waals surface area contributed by atoms with Gasteiger partial charge in [-0.3, -0.25) is 14.9 Å². The van der Waals surface area contributed by atoms with E-state index in [-0.39, 0.29) is 11.6 Å². The summed E-state index contributed by atoms with van der Waals surface area (Å²) in [5.41, 5.74) is 3.31. The lowest BCUT2D eigenvalue weighted by atomic mass is 10.2. The number of nitrogens with zero attached hydrogens (tertiary/aromatic N) is 2. The lowest BCUT2D eigenvalue weighted by molar-refractivity contribution is -0.384. The van der Waals surface area contributed by atoms with Gasteiger partial charge in [-0.25, -0.2) is 5.43 Å². The Bertz CT molecular complexity index is 951. The van der Waals surface area contributed by atoms with Crippen LogP contribution in [0.5, 0.6) is 0 Å². The molecule has 6 nitrogen and oxygen atoms in total. The van der Waals surface area contributed by atoms with Gasteiger partial charge < -0.3 is 0 Å². The van der Waals surface area contributed by atoms with Crippen molar-refractivity contribution in [3.63, 3.8) is 0 Å². The Labute approximate surface area is 149 Å². The molecule has 1 aromatic heterocycles. The first kappa shape index (κ1) is 16.3. The fourth-order valence-electron chi connectivity index (χ4n) is 2.03. The number of hydrogen-bond donors (Lipinski definition) is 1. The first-order chi connectivity index (χ1) is 11.5. The van der Waals surface area contributed by atoms with E-state index in [9.17, 15) is 14.9 Å². The second-order valence-corrected chi connectivity index (χ2v) is 6.84. The molecular formula is C16H10BrN3O3S. The van der Waals surface area contributed by atoms with Gasteiger partial charge in [0.05, 0.1) is 16.0 Å². The zero-order valence-electron chi connectivity index (χ0n) is 12.1. The van der Waals surface area contributed by atoms with Crippen LogP contribution >= 0.6 is 27.3 Å². The molecule has 1 amide bonds. The highest BCUT2D eigenvalue weighted by atomic mass is 79.9. The number of non-ortho nitro benzene ring substituents is 1. The highest BCUT2D eigenvalue weighted by molar-refractivity contribution is 9.10. The van der Waals surface area contributed by atoms with E-state index in [1.165, 1.54) is 23.5 Å². The van der Waals surface area contributed by atoms with Crippen LogP contribution in [-0.2, 0) is 0 Å². The van der Waals surface area contributed by atoms with E-state index < -0.39 is 4.92 Å². The average Bonchev–Trinajstić information content (AvgIpc) is 2.99. The second kappa shape index (κ2) is 6.90. The minimum Gasteiger partial charge on any atom is -0.266 e. The van der Waals surface area contributed by atoms with Gasteiger partial charge in [0.2, 0.25) is 0 Å². The average molecular weight is 404 g/mol. The van der Waals surface area contributed by atoms with E-state index in [4.69, 9.17) is 0 Å². The van der Waals surface area contributed by atoms with E-state index in [2.05, 4.69) is 26.5 Å². The zero-order valence-corrected chi connectivity index (χ0v) is 14.5. The van der Waals surface area contributed by atoms with Crippen molar-refractivity contribution in [2.75, 3.05) is 0 Å². The summed E-state index contributed by atoms with van der Waals surface area (Å²) in [6.07, 6.45) is 1.54. The topological polar surface area (TPSA) is 84.6 Å². The predicted octanol–water partition coefficient (Wildman–Crippen LogP) is 4.34. The monoisotopic (exact) mass is 403 g/mol. The Morgan fingerprint density at radius 3 is 2.67 bits per heavy atom. The minimum atomic E-state index is -0.459. The maximum atomic E-state index is 12.1. The number of halogens is 1. The first-order valence-corrected chi connectivity index (χ1v) is 8.41. The number of benzene rings is 2. The van der Waals surface area contributed by atoms with E-state index in [1.54, 1.807) is 18.3 Å². The van der Waals surface area contributed by atoms with Crippen LogP contribution in [-0.4, -0.2) is 17.0 Å². The summed E-state index contributed by atoms with van der Waals surface area (Å²) in [4.78, 5) is 22.9. The molecule has 0 fully saturated rings. The summed E-state index contributed by atoms with van der Waals surface area (Å²) in [7, 11) is 0. The maximum absolute atomic E-state index is 12.1. The predicted molar refractivity (Wildman–Crippen MR) is 97.7 cm³/mol. The molecule has 8 heteroatoms. The smallest absolute Gasteiger partial charge is 0.266 e. The zero-order chi connectivity index (χ0) is 17.1. The Hall–Kier alpha value is -2.58. The van der Waals surface area contributed by atoms with Crippen molar-refractivity contribution >= 4 is 55.2 Å². The Morgan fingerprint density at radius 1 is 1.21 bits per heavy atom. The summed E-state index contributed by atoms with van der Waals surface area (Å²) in [6.45, 7) is 0.